The molecule has 0 unspecified atom stereocenters. The Morgan fingerprint density at radius 1 is 1.12 bits per heavy atom. The Labute approximate surface area is 300 Å². The number of carbonyl (C=O) groups is 2. The van der Waals surface area contributed by atoms with Crippen LogP contribution >= 0.6 is 0 Å². The summed E-state index contributed by atoms with van der Waals surface area (Å²) in [6.07, 6.45) is -4.93. The molecule has 50 heavy (non-hydrogen) atoms. The zero-order chi connectivity index (χ0) is 38.1. The fourth-order valence-electron chi connectivity index (χ4n) is 7.72. The molecule has 14 atom stereocenters. The zero-order valence-electron chi connectivity index (χ0n) is 32.6. The third-order valence-corrected chi connectivity index (χ3v) is 10.7. The Bertz CT molecular complexity index is 1050. The van der Waals surface area contributed by atoms with Crippen molar-refractivity contribution in [1.82, 2.24) is 15.1 Å². The number of amides is 1. The minimum Gasteiger partial charge on any atom is -0.459 e. The van der Waals surface area contributed by atoms with E-state index < -0.39 is 71.9 Å². The number of cyclic esters (lactones) is 1. The number of aliphatic hydroxyl groups is 4. The van der Waals surface area contributed by atoms with Gasteiger partial charge in [0.15, 0.2) is 6.29 Å². The second kappa shape index (κ2) is 19.6. The topological polar surface area (TPSA) is 180 Å². The van der Waals surface area contributed by atoms with Crippen molar-refractivity contribution in [3.05, 3.63) is 0 Å². The smallest absolute Gasteiger partial charge is 0.311 e. The van der Waals surface area contributed by atoms with Crippen molar-refractivity contribution in [2.24, 2.45) is 17.8 Å². The largest absolute Gasteiger partial charge is 0.459 e. The average molecular weight is 720 g/mol. The van der Waals surface area contributed by atoms with Gasteiger partial charge in [0.05, 0.1) is 29.8 Å². The summed E-state index contributed by atoms with van der Waals surface area (Å²) in [6, 6.07) is -0.769. The molecule has 0 aromatic rings. The molecule has 0 aliphatic carbocycles. The zero-order valence-corrected chi connectivity index (χ0v) is 32.6. The van der Waals surface area contributed by atoms with E-state index in [9.17, 15) is 30.0 Å². The Balaban J connectivity index is 2.60. The summed E-state index contributed by atoms with van der Waals surface area (Å²) in [5.74, 6) is -2.59. The van der Waals surface area contributed by atoms with Gasteiger partial charge in [0, 0.05) is 44.8 Å². The first-order valence-electron chi connectivity index (χ1n) is 18.3. The monoisotopic (exact) mass is 719 g/mol. The maximum absolute atomic E-state index is 13.9. The van der Waals surface area contributed by atoms with Gasteiger partial charge in [0.2, 0.25) is 5.91 Å². The normalized spacial score (nSPS) is 41.7. The molecule has 0 spiro atoms. The number of ether oxygens (including phenoxy) is 5. The van der Waals surface area contributed by atoms with Gasteiger partial charge in [-0.3, -0.25) is 9.59 Å². The van der Waals surface area contributed by atoms with Crippen molar-refractivity contribution in [2.75, 3.05) is 54.6 Å². The molecule has 2 fully saturated rings. The van der Waals surface area contributed by atoms with Crippen LogP contribution in [0.1, 0.15) is 81.1 Å². The number of nitrogens with zero attached hydrogens (tertiary/aromatic N) is 2. The summed E-state index contributed by atoms with van der Waals surface area (Å²) < 4.78 is 30.1. The molecule has 0 aromatic heterocycles. The van der Waals surface area contributed by atoms with Crippen LogP contribution in [0.15, 0.2) is 0 Å². The van der Waals surface area contributed by atoms with Crippen LogP contribution in [0.2, 0.25) is 0 Å². The lowest BCUT2D eigenvalue weighted by atomic mass is 9.77. The second-order valence-corrected chi connectivity index (χ2v) is 15.6. The summed E-state index contributed by atoms with van der Waals surface area (Å²) >= 11 is 0. The number of methoxy groups -OCH3 is 1. The molecule has 14 heteroatoms. The summed E-state index contributed by atoms with van der Waals surface area (Å²) in [4.78, 5) is 29.7. The second-order valence-electron chi connectivity index (χ2n) is 15.6. The van der Waals surface area contributed by atoms with E-state index in [0.717, 1.165) is 0 Å². The van der Waals surface area contributed by atoms with Gasteiger partial charge in [-0.15, -0.1) is 0 Å². The van der Waals surface area contributed by atoms with Crippen molar-refractivity contribution < 1.29 is 53.7 Å². The fourth-order valence-corrected chi connectivity index (χ4v) is 7.72. The first-order valence-corrected chi connectivity index (χ1v) is 18.3. The highest BCUT2D eigenvalue weighted by molar-refractivity contribution is 5.77. The Morgan fingerprint density at radius 3 is 2.34 bits per heavy atom. The third-order valence-electron chi connectivity index (χ3n) is 10.7. The highest BCUT2D eigenvalue weighted by Crippen LogP contribution is 2.37. The van der Waals surface area contributed by atoms with E-state index in [4.69, 9.17) is 23.7 Å². The molecule has 0 bridgehead atoms. The Morgan fingerprint density at radius 2 is 1.76 bits per heavy atom. The van der Waals surface area contributed by atoms with Crippen LogP contribution in [-0.4, -0.2) is 163 Å². The minimum absolute atomic E-state index is 0.0655. The molecule has 2 rings (SSSR count). The molecule has 0 radical (unpaired) electrons. The molecule has 0 saturated carbocycles. The molecule has 2 aliphatic rings. The van der Waals surface area contributed by atoms with Gasteiger partial charge in [-0.2, -0.15) is 0 Å². The molecular formula is C36H69N3O11. The van der Waals surface area contributed by atoms with Crippen molar-refractivity contribution >= 4 is 11.9 Å². The number of nitrogens with one attached hydrogen (secondary N) is 1. The van der Waals surface area contributed by atoms with E-state index in [-0.39, 0.29) is 50.0 Å². The van der Waals surface area contributed by atoms with Crippen LogP contribution in [0.5, 0.6) is 0 Å². The SMILES string of the molecule is CC[C@H]1OC(=O)[C@H](C)[C@@H](OCCCNC(=O)COC)[C@H](C)[C@@H](O[C@@H]2O[C@H](C)C[C@H](N(C)C)[C@H]2O)[C@](C)(O)C[C@@H](C)CN(C)[C@H](C)[C@@H](O)[C@]1(C)O. The highest BCUT2D eigenvalue weighted by atomic mass is 16.7. The number of carbonyl (C=O) groups excluding carboxylic acids is 2. The number of hydrogen-bond acceptors (Lipinski definition) is 13. The van der Waals surface area contributed by atoms with E-state index in [0.29, 0.717) is 25.9 Å². The average Bonchev–Trinajstić information content (AvgIpc) is 3.02. The maximum atomic E-state index is 13.9. The van der Waals surface area contributed by atoms with E-state index >= 15 is 0 Å². The van der Waals surface area contributed by atoms with Crippen LogP contribution in [-0.2, 0) is 33.3 Å². The van der Waals surface area contributed by atoms with Crippen molar-refractivity contribution in [1.29, 1.82) is 0 Å². The van der Waals surface area contributed by atoms with E-state index in [1.807, 2.05) is 51.7 Å². The predicted molar refractivity (Wildman–Crippen MR) is 188 cm³/mol. The predicted octanol–water partition coefficient (Wildman–Crippen LogP) is 1.15. The van der Waals surface area contributed by atoms with Crippen molar-refractivity contribution in [3.63, 3.8) is 0 Å². The molecule has 2 aliphatic heterocycles. The standard InChI is InChI=1S/C36H69N3O11/c1-13-27-36(8,45)31(42)25(6)39(11)19-21(2)18-35(7,44)32(50-34-29(41)26(38(9)10)17-22(3)48-34)23(4)30(24(5)33(43)49-27)47-16-14-15-37-28(40)20-46-12/h21-27,29-32,34,41-42,44-45H,13-20H2,1-12H3,(H,37,40)/t21-,22-,23+,24-,25-,26+,27-,29-,30+,31-,32-,34+,35-,36-/m1/s1. The Hall–Kier alpha value is -1.46. The fraction of sp³-hybridized carbons (Fsp3) is 0.944. The molecule has 0 aromatic carbocycles. The molecule has 5 N–H and O–H groups in total. The van der Waals surface area contributed by atoms with Gasteiger partial charge in [-0.1, -0.05) is 20.8 Å². The first kappa shape index (κ1) is 44.7. The maximum Gasteiger partial charge on any atom is 0.311 e. The summed E-state index contributed by atoms with van der Waals surface area (Å²) in [5.41, 5.74) is -3.27. The lowest BCUT2D eigenvalue weighted by Crippen LogP contribution is -2.59. The molecular weight excluding hydrogens is 650 g/mol. The van der Waals surface area contributed by atoms with Gasteiger partial charge < -0.3 is 59.2 Å². The number of rotatable bonds is 11. The van der Waals surface area contributed by atoms with Crippen LogP contribution < -0.4 is 5.32 Å². The van der Waals surface area contributed by atoms with E-state index in [1.165, 1.54) is 14.0 Å². The number of hydrogen-bond donors (Lipinski definition) is 5. The molecule has 2 heterocycles. The van der Waals surface area contributed by atoms with E-state index in [1.54, 1.807) is 27.7 Å². The molecule has 14 nitrogen and oxygen atoms in total. The Kier molecular flexibility index (Phi) is 17.5. The lowest BCUT2D eigenvalue weighted by Gasteiger charge is -2.47. The van der Waals surface area contributed by atoms with Crippen LogP contribution in [0.4, 0.5) is 0 Å². The highest BCUT2D eigenvalue weighted by Gasteiger charge is 2.50. The summed E-state index contributed by atoms with van der Waals surface area (Å²) in [5, 5.41) is 49.5. The summed E-state index contributed by atoms with van der Waals surface area (Å²) in [6.45, 7) is 15.0. The number of esters is 1. The third kappa shape index (κ3) is 11.8. The number of aliphatic hydroxyl groups excluding tert-OH is 2. The van der Waals surface area contributed by atoms with Gasteiger partial charge in [0.1, 0.15) is 30.5 Å². The van der Waals surface area contributed by atoms with Crippen molar-refractivity contribution in [2.45, 2.75) is 147 Å². The van der Waals surface area contributed by atoms with Gasteiger partial charge >= 0.3 is 5.97 Å². The first-order chi connectivity index (χ1) is 23.2. The molecule has 1 amide bonds. The van der Waals surface area contributed by atoms with Gasteiger partial charge in [-0.25, -0.2) is 0 Å². The minimum atomic E-state index is -1.77. The van der Waals surface area contributed by atoms with E-state index in [2.05, 4.69) is 5.32 Å². The van der Waals surface area contributed by atoms with Crippen LogP contribution in [0, 0.1) is 17.8 Å². The lowest BCUT2D eigenvalue weighted by molar-refractivity contribution is -0.300. The molecule has 294 valence electrons. The molecule has 2 saturated heterocycles. The quantitative estimate of drug-likeness (QED) is 0.152. The van der Waals surface area contributed by atoms with Crippen LogP contribution in [0.25, 0.3) is 0 Å². The van der Waals surface area contributed by atoms with Crippen molar-refractivity contribution in [3.8, 4) is 0 Å². The number of likely N-dealkylation sites (N-methyl/N-ethyl adjacent to an activating group) is 2. The van der Waals surface area contributed by atoms with Gasteiger partial charge in [0.25, 0.3) is 0 Å². The van der Waals surface area contributed by atoms with Crippen LogP contribution in [0.3, 0.4) is 0 Å². The summed E-state index contributed by atoms with van der Waals surface area (Å²) in [7, 11) is 7.06. The van der Waals surface area contributed by atoms with Gasteiger partial charge in [-0.05, 0) is 87.4 Å².